The highest BCUT2D eigenvalue weighted by atomic mass is 16.1. The Balaban J connectivity index is 1.45. The number of aryl methyl sites for hydroxylation is 3. The summed E-state index contributed by atoms with van der Waals surface area (Å²) < 4.78 is 2.22. The van der Waals surface area contributed by atoms with Crippen LogP contribution in [0.25, 0.3) is 22.0 Å². The number of aromatic nitrogens is 3. The van der Waals surface area contributed by atoms with Crippen molar-refractivity contribution in [2.45, 2.75) is 79.9 Å². The number of hydrogen-bond acceptors (Lipinski definition) is 5. The van der Waals surface area contributed by atoms with Gasteiger partial charge >= 0.3 is 0 Å². The lowest BCUT2D eigenvalue weighted by molar-refractivity contribution is 0.0952. The molecule has 0 bridgehead atoms. The van der Waals surface area contributed by atoms with E-state index >= 15 is 0 Å². The van der Waals surface area contributed by atoms with Gasteiger partial charge in [-0.15, -0.1) is 0 Å². The molecule has 5 rings (SSSR count). The van der Waals surface area contributed by atoms with Crippen molar-refractivity contribution in [3.8, 4) is 11.1 Å². The first kappa shape index (κ1) is 30.5. The maximum atomic E-state index is 13.8. The molecule has 1 aliphatic rings. The summed E-state index contributed by atoms with van der Waals surface area (Å²) >= 11 is 0. The third-order valence-corrected chi connectivity index (χ3v) is 8.73. The van der Waals surface area contributed by atoms with Crippen LogP contribution in [0.15, 0.2) is 47.5 Å². The van der Waals surface area contributed by atoms with Gasteiger partial charge in [0, 0.05) is 90.5 Å². The Kier molecular flexibility index (Phi) is 9.06. The number of rotatable bonds is 9. The number of benzene rings is 1. The molecule has 1 aliphatic heterocycles. The second kappa shape index (κ2) is 12.8. The molecular formula is C35H46N6O2. The molecule has 0 unspecified atom stereocenters. The van der Waals surface area contributed by atoms with E-state index in [4.69, 9.17) is 4.98 Å². The molecule has 8 heteroatoms. The highest BCUT2D eigenvalue weighted by molar-refractivity contribution is 6.09. The van der Waals surface area contributed by atoms with E-state index in [9.17, 15) is 9.59 Å². The van der Waals surface area contributed by atoms with Gasteiger partial charge in [-0.3, -0.25) is 14.5 Å². The summed E-state index contributed by atoms with van der Waals surface area (Å²) in [5.41, 5.74) is 6.85. The lowest BCUT2D eigenvalue weighted by Gasteiger charge is -2.37. The van der Waals surface area contributed by atoms with Crippen LogP contribution < -0.4 is 15.8 Å². The van der Waals surface area contributed by atoms with Gasteiger partial charge in [-0.1, -0.05) is 13.3 Å². The van der Waals surface area contributed by atoms with Crippen molar-refractivity contribution in [3.63, 3.8) is 0 Å². The van der Waals surface area contributed by atoms with Crippen LogP contribution in [0, 0.1) is 13.8 Å². The number of piperazine rings is 1. The number of H-pyrrole nitrogens is 1. The molecule has 0 aliphatic carbocycles. The zero-order valence-corrected chi connectivity index (χ0v) is 26.8. The molecule has 43 heavy (non-hydrogen) atoms. The molecule has 1 saturated heterocycles. The van der Waals surface area contributed by atoms with Crippen LogP contribution >= 0.6 is 0 Å². The minimum absolute atomic E-state index is 0.137. The van der Waals surface area contributed by atoms with Crippen molar-refractivity contribution in [3.05, 3.63) is 81.0 Å². The molecule has 1 fully saturated rings. The topological polar surface area (TPSA) is 86.3 Å². The van der Waals surface area contributed by atoms with Gasteiger partial charge in [-0.05, 0) is 95.0 Å². The summed E-state index contributed by atoms with van der Waals surface area (Å²) in [4.78, 5) is 39.3. The molecule has 0 saturated carbocycles. The fraction of sp³-hybridized carbons (Fsp3) is 0.457. The van der Waals surface area contributed by atoms with Crippen molar-refractivity contribution in [1.29, 1.82) is 0 Å². The third-order valence-electron chi connectivity index (χ3n) is 8.73. The van der Waals surface area contributed by atoms with Gasteiger partial charge < -0.3 is 19.8 Å². The zero-order chi connectivity index (χ0) is 30.8. The minimum atomic E-state index is -0.194. The molecule has 0 radical (unpaired) electrons. The molecule has 0 atom stereocenters. The van der Waals surface area contributed by atoms with Crippen LogP contribution in [0.4, 0.5) is 5.82 Å². The SMILES string of the molecule is CCCc1cc(C)c(CNC(=O)c2cc(-c3ccc(N4CCN(C(C)C)CC4)nc3)cc3c2c(C)cn3C(C)C)c(=O)[nH]1. The van der Waals surface area contributed by atoms with E-state index < -0.39 is 0 Å². The largest absolute Gasteiger partial charge is 0.354 e. The summed E-state index contributed by atoms with van der Waals surface area (Å²) in [5, 5.41) is 3.99. The van der Waals surface area contributed by atoms with Crippen LogP contribution in [-0.2, 0) is 13.0 Å². The van der Waals surface area contributed by atoms with Crippen LogP contribution in [0.1, 0.15) is 79.8 Å². The lowest BCUT2D eigenvalue weighted by Crippen LogP contribution is -2.49. The predicted octanol–water partition coefficient (Wildman–Crippen LogP) is 6.00. The average molecular weight is 583 g/mol. The first-order valence-corrected chi connectivity index (χ1v) is 15.7. The van der Waals surface area contributed by atoms with E-state index in [1.165, 1.54) is 0 Å². The second-order valence-electron chi connectivity index (χ2n) is 12.5. The van der Waals surface area contributed by atoms with E-state index in [0.717, 1.165) is 83.7 Å². The van der Waals surface area contributed by atoms with Crippen molar-refractivity contribution in [1.82, 2.24) is 24.8 Å². The number of pyridine rings is 2. The molecule has 3 aromatic heterocycles. The fourth-order valence-corrected chi connectivity index (χ4v) is 6.24. The van der Waals surface area contributed by atoms with Gasteiger partial charge in [0.25, 0.3) is 11.5 Å². The molecule has 2 N–H and O–H groups in total. The maximum Gasteiger partial charge on any atom is 0.253 e. The highest BCUT2D eigenvalue weighted by Gasteiger charge is 2.22. The normalized spacial score (nSPS) is 14.3. The van der Waals surface area contributed by atoms with E-state index in [2.05, 4.69) is 83.7 Å². The minimum Gasteiger partial charge on any atom is -0.354 e. The molecule has 0 spiro atoms. The average Bonchev–Trinajstić information content (AvgIpc) is 3.33. The summed E-state index contributed by atoms with van der Waals surface area (Å²) in [6.45, 7) is 19.0. The van der Waals surface area contributed by atoms with Crippen LogP contribution in [0.2, 0.25) is 0 Å². The number of anilines is 1. The van der Waals surface area contributed by atoms with Crippen LogP contribution in [0.3, 0.4) is 0 Å². The highest BCUT2D eigenvalue weighted by Crippen LogP contribution is 2.33. The van der Waals surface area contributed by atoms with E-state index in [-0.39, 0.29) is 24.1 Å². The van der Waals surface area contributed by atoms with Gasteiger partial charge in [0.1, 0.15) is 5.82 Å². The van der Waals surface area contributed by atoms with Gasteiger partial charge in [-0.25, -0.2) is 4.98 Å². The number of aromatic amines is 1. The predicted molar refractivity (Wildman–Crippen MR) is 176 cm³/mol. The number of carbonyl (C=O) groups excluding carboxylic acids is 1. The standard InChI is InChI=1S/C35H46N6O2/c1-8-9-28-16-24(6)30(35(43)38-28)20-37-34(42)29-17-27(18-31-33(29)25(7)21-41(31)23(4)5)26-10-11-32(36-19-26)40-14-12-39(13-15-40)22(2)3/h10-11,16-19,21-23H,8-9,12-15,20H2,1-7H3,(H,37,42)(H,38,43). The Morgan fingerprint density at radius 3 is 2.33 bits per heavy atom. The van der Waals surface area contributed by atoms with E-state index in [0.29, 0.717) is 17.2 Å². The summed E-state index contributed by atoms with van der Waals surface area (Å²) in [6, 6.07) is 11.1. The third kappa shape index (κ3) is 6.39. The van der Waals surface area contributed by atoms with Crippen LogP contribution in [0.5, 0.6) is 0 Å². The Labute approximate surface area is 255 Å². The number of fused-ring (bicyclic) bond motifs is 1. The monoisotopic (exact) mass is 582 g/mol. The lowest BCUT2D eigenvalue weighted by atomic mass is 9.98. The Bertz CT molecular complexity index is 1660. The van der Waals surface area contributed by atoms with Gasteiger partial charge in [-0.2, -0.15) is 0 Å². The Hall–Kier alpha value is -3.91. The molecular weight excluding hydrogens is 536 g/mol. The summed E-state index contributed by atoms with van der Waals surface area (Å²) in [7, 11) is 0. The van der Waals surface area contributed by atoms with Crippen molar-refractivity contribution >= 4 is 22.6 Å². The Morgan fingerprint density at radius 2 is 1.72 bits per heavy atom. The van der Waals surface area contributed by atoms with E-state index in [1.807, 2.05) is 32.2 Å². The molecule has 1 aromatic carbocycles. The Morgan fingerprint density at radius 1 is 0.977 bits per heavy atom. The van der Waals surface area contributed by atoms with Gasteiger partial charge in [0.15, 0.2) is 0 Å². The number of nitrogens with zero attached hydrogens (tertiary/aromatic N) is 4. The number of carbonyl (C=O) groups is 1. The van der Waals surface area contributed by atoms with Crippen molar-refractivity contribution in [2.24, 2.45) is 0 Å². The number of nitrogens with one attached hydrogen (secondary N) is 2. The fourth-order valence-electron chi connectivity index (χ4n) is 6.24. The quantitative estimate of drug-likeness (QED) is 0.253. The number of amides is 1. The zero-order valence-electron chi connectivity index (χ0n) is 26.8. The molecule has 1 amide bonds. The summed E-state index contributed by atoms with van der Waals surface area (Å²) in [5.74, 6) is 0.790. The molecule has 228 valence electrons. The van der Waals surface area contributed by atoms with Crippen LogP contribution in [-0.4, -0.2) is 57.6 Å². The molecule has 4 aromatic rings. The smallest absolute Gasteiger partial charge is 0.253 e. The second-order valence-corrected chi connectivity index (χ2v) is 12.5. The molecule has 8 nitrogen and oxygen atoms in total. The van der Waals surface area contributed by atoms with Gasteiger partial charge in [0.05, 0.1) is 0 Å². The van der Waals surface area contributed by atoms with Crippen molar-refractivity contribution < 1.29 is 4.79 Å². The van der Waals surface area contributed by atoms with Gasteiger partial charge in [0.2, 0.25) is 0 Å². The first-order valence-electron chi connectivity index (χ1n) is 15.7. The maximum absolute atomic E-state index is 13.8. The first-order chi connectivity index (χ1) is 20.6. The molecule has 4 heterocycles. The van der Waals surface area contributed by atoms with Crippen molar-refractivity contribution in [2.75, 3.05) is 31.1 Å². The number of hydrogen-bond donors (Lipinski definition) is 2. The summed E-state index contributed by atoms with van der Waals surface area (Å²) in [6.07, 6.45) is 5.82. The van der Waals surface area contributed by atoms with E-state index in [1.54, 1.807) is 0 Å².